The summed E-state index contributed by atoms with van der Waals surface area (Å²) in [6.07, 6.45) is 2.36. The molecule has 1 aromatic rings. The van der Waals surface area contributed by atoms with Crippen LogP contribution in [0, 0.1) is 0 Å². The number of likely N-dealkylation sites (tertiary alicyclic amines) is 1. The molecule has 6 heteroatoms. The number of ether oxygens (including phenoxy) is 2. The molecule has 0 spiro atoms. The van der Waals surface area contributed by atoms with Crippen molar-refractivity contribution in [1.82, 2.24) is 10.2 Å². The van der Waals surface area contributed by atoms with Crippen LogP contribution in [-0.4, -0.2) is 50.1 Å². The number of carbonyl (C=O) groups is 2. The van der Waals surface area contributed by atoms with Crippen LogP contribution in [0.1, 0.15) is 19.3 Å². The van der Waals surface area contributed by atoms with Crippen molar-refractivity contribution in [3.63, 3.8) is 0 Å². The average molecular weight is 306 g/mol. The van der Waals surface area contributed by atoms with E-state index in [1.54, 1.807) is 25.3 Å². The molecule has 1 N–H and O–H groups in total. The molecular weight excluding hydrogens is 284 g/mol. The highest BCUT2D eigenvalue weighted by Gasteiger charge is 2.18. The number of hydrogen-bond acceptors (Lipinski definition) is 4. The largest absolute Gasteiger partial charge is 0.497 e. The summed E-state index contributed by atoms with van der Waals surface area (Å²) in [6.45, 7) is 2.06. The van der Waals surface area contributed by atoms with Gasteiger partial charge in [-0.1, -0.05) is 6.07 Å². The van der Waals surface area contributed by atoms with Crippen molar-refractivity contribution in [3.8, 4) is 11.5 Å². The number of carbonyl (C=O) groups excluding carboxylic acids is 2. The summed E-state index contributed by atoms with van der Waals surface area (Å²) in [7, 11) is 1.58. The van der Waals surface area contributed by atoms with Gasteiger partial charge in [0.05, 0.1) is 7.11 Å². The fraction of sp³-hybridized carbons (Fsp3) is 0.500. The van der Waals surface area contributed by atoms with E-state index in [2.05, 4.69) is 5.32 Å². The number of nitrogens with one attached hydrogen (secondary N) is 1. The van der Waals surface area contributed by atoms with Crippen molar-refractivity contribution in [3.05, 3.63) is 24.3 Å². The first kappa shape index (κ1) is 16.1. The highest BCUT2D eigenvalue weighted by atomic mass is 16.5. The minimum atomic E-state index is -0.171. The van der Waals surface area contributed by atoms with Crippen molar-refractivity contribution in [2.45, 2.75) is 19.3 Å². The quantitative estimate of drug-likeness (QED) is 0.733. The second-order valence-electron chi connectivity index (χ2n) is 5.16. The van der Waals surface area contributed by atoms with E-state index in [-0.39, 0.29) is 18.4 Å². The van der Waals surface area contributed by atoms with Crippen molar-refractivity contribution in [2.24, 2.45) is 0 Å². The molecule has 0 unspecified atom stereocenters. The summed E-state index contributed by atoms with van der Waals surface area (Å²) < 4.78 is 10.5. The maximum atomic E-state index is 11.7. The van der Waals surface area contributed by atoms with E-state index in [0.717, 1.165) is 19.4 Å². The molecule has 22 heavy (non-hydrogen) atoms. The normalized spacial score (nSPS) is 14.0. The van der Waals surface area contributed by atoms with Crippen LogP contribution in [-0.2, 0) is 9.59 Å². The molecule has 2 amide bonds. The zero-order valence-electron chi connectivity index (χ0n) is 12.8. The summed E-state index contributed by atoms with van der Waals surface area (Å²) >= 11 is 0. The smallest absolute Gasteiger partial charge is 0.257 e. The van der Waals surface area contributed by atoms with E-state index in [4.69, 9.17) is 9.47 Å². The Bertz CT molecular complexity index is 519. The molecule has 1 saturated heterocycles. The first-order valence-corrected chi connectivity index (χ1v) is 7.50. The van der Waals surface area contributed by atoms with Gasteiger partial charge < -0.3 is 19.7 Å². The van der Waals surface area contributed by atoms with Gasteiger partial charge in [0.1, 0.15) is 11.5 Å². The second-order valence-corrected chi connectivity index (χ2v) is 5.16. The summed E-state index contributed by atoms with van der Waals surface area (Å²) in [5, 5.41) is 2.79. The monoisotopic (exact) mass is 306 g/mol. The van der Waals surface area contributed by atoms with E-state index in [1.807, 2.05) is 11.0 Å². The van der Waals surface area contributed by atoms with Crippen molar-refractivity contribution >= 4 is 11.8 Å². The fourth-order valence-electron chi connectivity index (χ4n) is 2.33. The minimum Gasteiger partial charge on any atom is -0.497 e. The molecule has 6 nitrogen and oxygen atoms in total. The molecular formula is C16H22N2O4. The van der Waals surface area contributed by atoms with Crippen LogP contribution in [0.25, 0.3) is 0 Å². The SMILES string of the molecule is COc1cccc(OCC(=O)NCCCN2CCCC2=O)c1. The van der Waals surface area contributed by atoms with E-state index < -0.39 is 0 Å². The molecule has 0 atom stereocenters. The molecule has 1 fully saturated rings. The molecule has 1 aromatic carbocycles. The van der Waals surface area contributed by atoms with Gasteiger partial charge >= 0.3 is 0 Å². The highest BCUT2D eigenvalue weighted by molar-refractivity contribution is 5.78. The van der Waals surface area contributed by atoms with E-state index in [9.17, 15) is 9.59 Å². The number of nitrogens with zero attached hydrogens (tertiary/aromatic N) is 1. The Labute approximate surface area is 130 Å². The predicted octanol–water partition coefficient (Wildman–Crippen LogP) is 1.20. The van der Waals surface area contributed by atoms with Crippen LogP contribution in [0.2, 0.25) is 0 Å². The Morgan fingerprint density at radius 2 is 2.18 bits per heavy atom. The van der Waals surface area contributed by atoms with Gasteiger partial charge in [0.2, 0.25) is 5.91 Å². The number of methoxy groups -OCH3 is 1. The Kier molecular flexibility index (Phi) is 6.06. The summed E-state index contributed by atoms with van der Waals surface area (Å²) in [5.41, 5.74) is 0. The molecule has 0 aromatic heterocycles. The lowest BCUT2D eigenvalue weighted by atomic mass is 10.3. The lowest BCUT2D eigenvalue weighted by Gasteiger charge is -2.15. The average Bonchev–Trinajstić information content (AvgIpc) is 2.95. The molecule has 0 bridgehead atoms. The third-order valence-electron chi connectivity index (χ3n) is 3.51. The van der Waals surface area contributed by atoms with Crippen LogP contribution >= 0.6 is 0 Å². The maximum absolute atomic E-state index is 11.7. The molecule has 0 radical (unpaired) electrons. The Balaban J connectivity index is 1.60. The van der Waals surface area contributed by atoms with E-state index in [1.165, 1.54) is 0 Å². The Morgan fingerprint density at radius 3 is 2.91 bits per heavy atom. The van der Waals surface area contributed by atoms with Gasteiger partial charge in [-0.3, -0.25) is 9.59 Å². The lowest BCUT2D eigenvalue weighted by Crippen LogP contribution is -2.33. The lowest BCUT2D eigenvalue weighted by molar-refractivity contribution is -0.127. The standard InChI is InChI=1S/C16H22N2O4/c1-21-13-5-2-6-14(11-13)22-12-15(19)17-8-4-10-18-9-3-7-16(18)20/h2,5-6,11H,3-4,7-10,12H2,1H3,(H,17,19). The van der Waals surface area contributed by atoms with Gasteiger partial charge in [-0.2, -0.15) is 0 Å². The topological polar surface area (TPSA) is 67.9 Å². The zero-order valence-corrected chi connectivity index (χ0v) is 12.8. The summed E-state index contributed by atoms with van der Waals surface area (Å²) in [6, 6.07) is 7.12. The Morgan fingerprint density at radius 1 is 1.36 bits per heavy atom. The molecule has 1 aliphatic rings. The molecule has 1 heterocycles. The van der Waals surface area contributed by atoms with Crippen LogP contribution < -0.4 is 14.8 Å². The summed E-state index contributed by atoms with van der Waals surface area (Å²) in [5.74, 6) is 1.33. The van der Waals surface area contributed by atoms with Crippen LogP contribution in [0.4, 0.5) is 0 Å². The third-order valence-corrected chi connectivity index (χ3v) is 3.51. The van der Waals surface area contributed by atoms with Crippen molar-refractivity contribution < 1.29 is 19.1 Å². The van der Waals surface area contributed by atoms with Gasteiger partial charge in [0.25, 0.3) is 5.91 Å². The molecule has 120 valence electrons. The van der Waals surface area contributed by atoms with Crippen LogP contribution in [0.3, 0.4) is 0 Å². The second kappa shape index (κ2) is 8.26. The third kappa shape index (κ3) is 4.95. The first-order valence-electron chi connectivity index (χ1n) is 7.50. The maximum Gasteiger partial charge on any atom is 0.257 e. The predicted molar refractivity (Wildman–Crippen MR) is 81.9 cm³/mol. The Hall–Kier alpha value is -2.24. The van der Waals surface area contributed by atoms with Gasteiger partial charge in [-0.15, -0.1) is 0 Å². The fourth-order valence-corrected chi connectivity index (χ4v) is 2.33. The molecule has 1 aliphatic heterocycles. The first-order chi connectivity index (χ1) is 10.7. The number of hydrogen-bond donors (Lipinski definition) is 1. The van der Waals surface area contributed by atoms with Gasteiger partial charge in [0.15, 0.2) is 6.61 Å². The number of amides is 2. The molecule has 0 saturated carbocycles. The number of benzene rings is 1. The highest BCUT2D eigenvalue weighted by Crippen LogP contribution is 2.18. The minimum absolute atomic E-state index is 0.0319. The van der Waals surface area contributed by atoms with Gasteiger partial charge in [-0.25, -0.2) is 0 Å². The number of rotatable bonds is 8. The van der Waals surface area contributed by atoms with E-state index >= 15 is 0 Å². The van der Waals surface area contributed by atoms with Crippen molar-refractivity contribution in [1.29, 1.82) is 0 Å². The van der Waals surface area contributed by atoms with Crippen LogP contribution in [0.15, 0.2) is 24.3 Å². The van der Waals surface area contributed by atoms with Crippen LogP contribution in [0.5, 0.6) is 11.5 Å². The van der Waals surface area contributed by atoms with Gasteiger partial charge in [-0.05, 0) is 25.0 Å². The molecule has 2 rings (SSSR count). The van der Waals surface area contributed by atoms with E-state index in [0.29, 0.717) is 31.0 Å². The zero-order chi connectivity index (χ0) is 15.8. The molecule has 0 aliphatic carbocycles. The summed E-state index contributed by atoms with van der Waals surface area (Å²) in [4.78, 5) is 25.0. The van der Waals surface area contributed by atoms with Gasteiger partial charge in [0, 0.05) is 32.1 Å². The van der Waals surface area contributed by atoms with Crippen molar-refractivity contribution in [2.75, 3.05) is 33.4 Å².